The molecule has 0 radical (unpaired) electrons. The van der Waals surface area contributed by atoms with Crippen molar-refractivity contribution in [2.75, 3.05) is 0 Å². The molecule has 8 heteroatoms. The number of benzene rings is 1. The maximum absolute atomic E-state index is 11.6. The lowest BCUT2D eigenvalue weighted by Crippen LogP contribution is -2.40. The summed E-state index contributed by atoms with van der Waals surface area (Å²) in [6.45, 7) is 1.53. The standard InChI is InChI=1S/C10H9ClN2O4S/c1-10(8(14)12-9(15)13-10)6-2-4-7(5-3-6)18(11,16)17/h2-5H,1H3,(H2,12,13,14,15). The lowest BCUT2D eigenvalue weighted by Gasteiger charge is -2.20. The molecule has 3 amide bonds. The van der Waals surface area contributed by atoms with E-state index in [2.05, 4.69) is 10.6 Å². The van der Waals surface area contributed by atoms with E-state index in [0.29, 0.717) is 5.56 Å². The van der Waals surface area contributed by atoms with Gasteiger partial charge in [0.15, 0.2) is 0 Å². The first-order chi connectivity index (χ1) is 8.23. The van der Waals surface area contributed by atoms with Crippen LogP contribution >= 0.6 is 10.7 Å². The van der Waals surface area contributed by atoms with Crippen molar-refractivity contribution >= 4 is 31.7 Å². The van der Waals surface area contributed by atoms with Gasteiger partial charge in [-0.15, -0.1) is 0 Å². The fourth-order valence-electron chi connectivity index (χ4n) is 1.70. The van der Waals surface area contributed by atoms with Crippen molar-refractivity contribution in [1.29, 1.82) is 0 Å². The van der Waals surface area contributed by atoms with Gasteiger partial charge in [-0.2, -0.15) is 0 Å². The minimum absolute atomic E-state index is 0.0683. The van der Waals surface area contributed by atoms with Crippen LogP contribution in [0.2, 0.25) is 0 Å². The third kappa shape index (κ3) is 2.06. The summed E-state index contributed by atoms with van der Waals surface area (Å²) < 4.78 is 22.2. The molecule has 0 aromatic heterocycles. The van der Waals surface area contributed by atoms with Gasteiger partial charge in [0.25, 0.3) is 15.0 Å². The third-order valence-electron chi connectivity index (χ3n) is 2.76. The number of urea groups is 1. The topological polar surface area (TPSA) is 92.3 Å². The van der Waals surface area contributed by atoms with Crippen LogP contribution in [0.25, 0.3) is 0 Å². The molecule has 0 saturated carbocycles. The molecule has 1 saturated heterocycles. The molecule has 2 rings (SSSR count). The minimum atomic E-state index is -3.80. The summed E-state index contributed by atoms with van der Waals surface area (Å²) in [7, 11) is 1.38. The number of nitrogens with one attached hydrogen (secondary N) is 2. The second-order valence-corrected chi connectivity index (χ2v) is 6.56. The van der Waals surface area contributed by atoms with Crippen LogP contribution in [0.3, 0.4) is 0 Å². The van der Waals surface area contributed by atoms with Gasteiger partial charge in [-0.05, 0) is 24.6 Å². The summed E-state index contributed by atoms with van der Waals surface area (Å²) in [5, 5.41) is 4.59. The average Bonchev–Trinajstić information content (AvgIpc) is 2.53. The van der Waals surface area contributed by atoms with Crippen LogP contribution in [0.5, 0.6) is 0 Å². The van der Waals surface area contributed by atoms with Gasteiger partial charge in [-0.1, -0.05) is 12.1 Å². The first kappa shape index (κ1) is 12.8. The van der Waals surface area contributed by atoms with E-state index in [1.807, 2.05) is 0 Å². The highest BCUT2D eigenvalue weighted by Crippen LogP contribution is 2.26. The molecule has 1 aliphatic heterocycles. The van der Waals surface area contributed by atoms with Gasteiger partial charge in [0, 0.05) is 10.7 Å². The molecular weight excluding hydrogens is 280 g/mol. The predicted octanol–water partition coefficient (Wildman–Crippen LogP) is 0.669. The van der Waals surface area contributed by atoms with Crippen molar-refractivity contribution in [2.45, 2.75) is 17.4 Å². The SMILES string of the molecule is CC1(c2ccc(S(=O)(=O)Cl)cc2)NC(=O)NC1=O. The van der Waals surface area contributed by atoms with E-state index >= 15 is 0 Å². The van der Waals surface area contributed by atoms with E-state index in [-0.39, 0.29) is 4.90 Å². The van der Waals surface area contributed by atoms with Crippen LogP contribution < -0.4 is 10.6 Å². The van der Waals surface area contributed by atoms with E-state index in [0.717, 1.165) is 0 Å². The molecule has 0 bridgehead atoms. The number of amides is 3. The van der Waals surface area contributed by atoms with Gasteiger partial charge in [-0.3, -0.25) is 10.1 Å². The number of carbonyl (C=O) groups is 2. The molecule has 0 spiro atoms. The van der Waals surface area contributed by atoms with Gasteiger partial charge >= 0.3 is 6.03 Å². The van der Waals surface area contributed by atoms with Crippen molar-refractivity contribution in [3.8, 4) is 0 Å². The Morgan fingerprint density at radius 1 is 1.17 bits per heavy atom. The molecule has 1 fully saturated rings. The molecule has 96 valence electrons. The maximum atomic E-state index is 11.6. The zero-order valence-electron chi connectivity index (χ0n) is 9.23. The Kier molecular flexibility index (Phi) is 2.83. The van der Waals surface area contributed by atoms with Gasteiger partial charge in [-0.25, -0.2) is 13.2 Å². The lowest BCUT2D eigenvalue weighted by molar-refractivity contribution is -0.123. The van der Waals surface area contributed by atoms with Gasteiger partial charge in [0.1, 0.15) is 5.54 Å². The van der Waals surface area contributed by atoms with Crippen LogP contribution in [-0.2, 0) is 19.4 Å². The summed E-state index contributed by atoms with van der Waals surface area (Å²) in [5.41, 5.74) is -0.735. The number of imide groups is 1. The fraction of sp³-hybridized carbons (Fsp3) is 0.200. The Labute approximate surface area is 108 Å². The summed E-state index contributed by atoms with van der Waals surface area (Å²) in [4.78, 5) is 22.7. The van der Waals surface area contributed by atoms with E-state index in [4.69, 9.17) is 10.7 Å². The quantitative estimate of drug-likeness (QED) is 0.618. The zero-order valence-corrected chi connectivity index (χ0v) is 10.8. The fourth-order valence-corrected chi connectivity index (χ4v) is 2.47. The Morgan fingerprint density at radius 2 is 1.72 bits per heavy atom. The number of rotatable bonds is 2. The van der Waals surface area contributed by atoms with Crippen LogP contribution in [-0.4, -0.2) is 20.4 Å². The smallest absolute Gasteiger partial charge is 0.320 e. The summed E-state index contributed by atoms with van der Waals surface area (Å²) >= 11 is 0. The summed E-state index contributed by atoms with van der Waals surface area (Å²) in [5.74, 6) is -0.492. The molecular formula is C10H9ClN2O4S. The van der Waals surface area contributed by atoms with Crippen LogP contribution in [0.15, 0.2) is 29.2 Å². The normalized spacial score (nSPS) is 23.7. The van der Waals surface area contributed by atoms with Gasteiger partial charge in [0.2, 0.25) is 0 Å². The second-order valence-electron chi connectivity index (χ2n) is 4.00. The number of halogens is 1. The van der Waals surface area contributed by atoms with E-state index in [1.54, 1.807) is 0 Å². The van der Waals surface area contributed by atoms with E-state index in [9.17, 15) is 18.0 Å². The van der Waals surface area contributed by atoms with Gasteiger partial charge < -0.3 is 5.32 Å². The molecule has 1 aliphatic rings. The zero-order chi connectivity index (χ0) is 13.6. The highest BCUT2D eigenvalue weighted by Gasteiger charge is 2.43. The van der Waals surface area contributed by atoms with Crippen molar-refractivity contribution in [3.63, 3.8) is 0 Å². The van der Waals surface area contributed by atoms with Crippen LogP contribution in [0.1, 0.15) is 12.5 Å². The summed E-state index contributed by atoms with van der Waals surface area (Å²) in [6, 6.07) is 4.83. The Balaban J connectivity index is 2.42. The van der Waals surface area contributed by atoms with E-state index < -0.39 is 26.5 Å². The number of hydrogen-bond donors (Lipinski definition) is 2. The third-order valence-corrected chi connectivity index (χ3v) is 4.13. The van der Waals surface area contributed by atoms with Gasteiger partial charge in [0.05, 0.1) is 4.90 Å². The molecule has 0 aliphatic carbocycles. The summed E-state index contributed by atoms with van der Waals surface area (Å²) in [6.07, 6.45) is 0. The molecule has 1 aromatic carbocycles. The molecule has 18 heavy (non-hydrogen) atoms. The van der Waals surface area contributed by atoms with Crippen LogP contribution in [0.4, 0.5) is 4.79 Å². The Morgan fingerprint density at radius 3 is 2.11 bits per heavy atom. The number of carbonyl (C=O) groups excluding carboxylic acids is 2. The monoisotopic (exact) mass is 288 g/mol. The molecule has 1 atom stereocenters. The minimum Gasteiger partial charge on any atom is -0.320 e. The highest BCUT2D eigenvalue weighted by atomic mass is 35.7. The first-order valence-corrected chi connectivity index (χ1v) is 7.23. The van der Waals surface area contributed by atoms with Crippen molar-refractivity contribution < 1.29 is 18.0 Å². The first-order valence-electron chi connectivity index (χ1n) is 4.92. The largest absolute Gasteiger partial charge is 0.322 e. The predicted molar refractivity (Wildman–Crippen MR) is 63.5 cm³/mol. The van der Waals surface area contributed by atoms with E-state index in [1.165, 1.54) is 31.2 Å². The van der Waals surface area contributed by atoms with Crippen molar-refractivity contribution in [2.24, 2.45) is 0 Å². The molecule has 1 heterocycles. The maximum Gasteiger partial charge on any atom is 0.322 e. The average molecular weight is 289 g/mol. The van der Waals surface area contributed by atoms with Crippen LogP contribution in [0, 0.1) is 0 Å². The highest BCUT2D eigenvalue weighted by molar-refractivity contribution is 8.13. The second kappa shape index (κ2) is 3.96. The molecule has 1 unspecified atom stereocenters. The van der Waals surface area contributed by atoms with Crippen molar-refractivity contribution in [1.82, 2.24) is 10.6 Å². The Hall–Kier alpha value is -1.60. The number of hydrogen-bond acceptors (Lipinski definition) is 4. The molecule has 2 N–H and O–H groups in total. The molecule has 6 nitrogen and oxygen atoms in total. The van der Waals surface area contributed by atoms with Crippen molar-refractivity contribution in [3.05, 3.63) is 29.8 Å². The molecule has 1 aromatic rings. The Bertz CT molecular complexity index is 626. The lowest BCUT2D eigenvalue weighted by atomic mass is 9.92.